The number of hydrogen-bond acceptors (Lipinski definition) is 1. The molecule has 0 fully saturated rings. The molecule has 0 aromatic rings. The Bertz CT molecular complexity index is 261. The van der Waals surface area contributed by atoms with Crippen LogP contribution in [0.25, 0.3) is 0 Å². The average Bonchev–Trinajstić information content (AvgIpc) is 2.09. The van der Waals surface area contributed by atoms with E-state index in [9.17, 15) is 0 Å². The van der Waals surface area contributed by atoms with E-state index in [1.54, 1.807) is 13.2 Å². The third-order valence-corrected chi connectivity index (χ3v) is 1.86. The van der Waals surface area contributed by atoms with Gasteiger partial charge in [-0.25, -0.2) is 0 Å². The molecule has 0 amide bonds. The minimum Gasteiger partial charge on any atom is -0.497 e. The molecular formula is C13H20O. The van der Waals surface area contributed by atoms with Gasteiger partial charge >= 0.3 is 0 Å². The summed E-state index contributed by atoms with van der Waals surface area (Å²) < 4.78 is 5.03. The van der Waals surface area contributed by atoms with Crippen LogP contribution < -0.4 is 0 Å². The molecule has 0 atom stereocenters. The minimum absolute atomic E-state index is 0.0843. The van der Waals surface area contributed by atoms with E-state index in [4.69, 9.17) is 4.74 Å². The Balaban J connectivity index is 4.91. The SMILES string of the molecule is C=C/C=C\C(=C/C(=C)OC)C(C)(C)C. The maximum Gasteiger partial charge on any atom is 0.111 e. The average molecular weight is 192 g/mol. The van der Waals surface area contributed by atoms with Crippen LogP contribution in [0, 0.1) is 5.41 Å². The topological polar surface area (TPSA) is 9.23 Å². The molecular weight excluding hydrogens is 172 g/mol. The first-order valence-corrected chi connectivity index (χ1v) is 4.66. The second kappa shape index (κ2) is 5.48. The van der Waals surface area contributed by atoms with Crippen LogP contribution in [0.1, 0.15) is 20.8 Å². The van der Waals surface area contributed by atoms with Crippen molar-refractivity contribution in [2.45, 2.75) is 20.8 Å². The van der Waals surface area contributed by atoms with Crippen molar-refractivity contribution in [1.29, 1.82) is 0 Å². The van der Waals surface area contributed by atoms with Crippen LogP contribution in [0.15, 0.2) is 48.8 Å². The van der Waals surface area contributed by atoms with Crippen LogP contribution in [0.5, 0.6) is 0 Å². The highest BCUT2D eigenvalue weighted by molar-refractivity contribution is 5.31. The highest BCUT2D eigenvalue weighted by Gasteiger charge is 2.14. The highest BCUT2D eigenvalue weighted by Crippen LogP contribution is 2.27. The molecule has 0 N–H and O–H groups in total. The summed E-state index contributed by atoms with van der Waals surface area (Å²) in [6.45, 7) is 13.9. The number of ether oxygens (including phenoxy) is 1. The third-order valence-electron chi connectivity index (χ3n) is 1.86. The Hall–Kier alpha value is -1.24. The summed E-state index contributed by atoms with van der Waals surface area (Å²) in [6, 6.07) is 0. The van der Waals surface area contributed by atoms with E-state index in [2.05, 4.69) is 33.9 Å². The molecule has 1 nitrogen and oxygen atoms in total. The molecule has 0 aliphatic heterocycles. The molecule has 0 aliphatic carbocycles. The Kier molecular flexibility index (Phi) is 5.00. The van der Waals surface area contributed by atoms with Crippen LogP contribution in [-0.4, -0.2) is 7.11 Å². The fraction of sp³-hybridized carbons (Fsp3) is 0.385. The predicted molar refractivity (Wildman–Crippen MR) is 63.0 cm³/mol. The summed E-state index contributed by atoms with van der Waals surface area (Å²) in [7, 11) is 1.62. The number of rotatable bonds is 4. The van der Waals surface area contributed by atoms with Crippen LogP contribution in [0.2, 0.25) is 0 Å². The van der Waals surface area contributed by atoms with Crippen LogP contribution in [0.3, 0.4) is 0 Å². The van der Waals surface area contributed by atoms with Gasteiger partial charge < -0.3 is 4.74 Å². The van der Waals surface area contributed by atoms with Gasteiger partial charge in [-0.3, -0.25) is 0 Å². The molecule has 0 radical (unpaired) electrons. The fourth-order valence-corrected chi connectivity index (χ4v) is 0.919. The van der Waals surface area contributed by atoms with Crippen molar-refractivity contribution >= 4 is 0 Å². The van der Waals surface area contributed by atoms with Crippen molar-refractivity contribution in [1.82, 2.24) is 0 Å². The quantitative estimate of drug-likeness (QED) is 0.485. The van der Waals surface area contributed by atoms with E-state index in [0.717, 1.165) is 0 Å². The van der Waals surface area contributed by atoms with E-state index < -0.39 is 0 Å². The van der Waals surface area contributed by atoms with E-state index >= 15 is 0 Å². The zero-order valence-electron chi connectivity index (χ0n) is 9.63. The first kappa shape index (κ1) is 12.8. The van der Waals surface area contributed by atoms with E-state index in [1.807, 2.05) is 18.2 Å². The third kappa shape index (κ3) is 4.70. The summed E-state index contributed by atoms with van der Waals surface area (Å²) in [5.41, 5.74) is 1.25. The molecule has 0 aliphatic rings. The van der Waals surface area contributed by atoms with Crippen LogP contribution >= 0.6 is 0 Å². The van der Waals surface area contributed by atoms with Crippen molar-refractivity contribution in [3.05, 3.63) is 48.8 Å². The molecule has 78 valence electrons. The lowest BCUT2D eigenvalue weighted by Crippen LogP contribution is -2.08. The summed E-state index contributed by atoms with van der Waals surface area (Å²) in [5, 5.41) is 0. The van der Waals surface area contributed by atoms with E-state index in [0.29, 0.717) is 5.76 Å². The van der Waals surface area contributed by atoms with Crippen molar-refractivity contribution in [3.8, 4) is 0 Å². The van der Waals surface area contributed by atoms with Crippen molar-refractivity contribution in [3.63, 3.8) is 0 Å². The Morgan fingerprint density at radius 3 is 2.21 bits per heavy atom. The molecule has 14 heavy (non-hydrogen) atoms. The molecule has 0 heterocycles. The molecule has 0 unspecified atom stereocenters. The second-order valence-electron chi connectivity index (χ2n) is 4.11. The van der Waals surface area contributed by atoms with Crippen LogP contribution in [-0.2, 0) is 4.74 Å². The molecule has 0 saturated carbocycles. The van der Waals surface area contributed by atoms with Crippen LogP contribution in [0.4, 0.5) is 0 Å². The Labute approximate surface area is 87.5 Å². The largest absolute Gasteiger partial charge is 0.497 e. The number of methoxy groups -OCH3 is 1. The van der Waals surface area contributed by atoms with Gasteiger partial charge in [-0.15, -0.1) is 0 Å². The van der Waals surface area contributed by atoms with Gasteiger partial charge in [0.15, 0.2) is 0 Å². The Morgan fingerprint density at radius 1 is 1.29 bits per heavy atom. The number of hydrogen-bond donors (Lipinski definition) is 0. The molecule has 0 rings (SSSR count). The molecule has 0 aromatic heterocycles. The molecule has 0 saturated heterocycles. The van der Waals surface area contributed by atoms with Gasteiger partial charge in [0, 0.05) is 0 Å². The smallest absolute Gasteiger partial charge is 0.111 e. The molecule has 0 spiro atoms. The van der Waals surface area contributed by atoms with Crippen molar-refractivity contribution in [2.75, 3.05) is 7.11 Å². The molecule has 0 aromatic carbocycles. The van der Waals surface area contributed by atoms with Gasteiger partial charge in [-0.2, -0.15) is 0 Å². The summed E-state index contributed by atoms with van der Waals surface area (Å²) in [4.78, 5) is 0. The lowest BCUT2D eigenvalue weighted by atomic mass is 9.85. The molecule has 1 heteroatoms. The normalized spacial score (nSPS) is 13.0. The summed E-state index contributed by atoms with van der Waals surface area (Å²) in [5.74, 6) is 0.670. The maximum atomic E-state index is 5.03. The van der Waals surface area contributed by atoms with Crippen molar-refractivity contribution < 1.29 is 4.74 Å². The van der Waals surface area contributed by atoms with Gasteiger partial charge in [-0.1, -0.05) is 52.2 Å². The van der Waals surface area contributed by atoms with Gasteiger partial charge in [0.1, 0.15) is 5.76 Å². The first-order chi connectivity index (χ1) is 6.41. The number of allylic oxidation sites excluding steroid dienone is 5. The van der Waals surface area contributed by atoms with Gasteiger partial charge in [-0.05, 0) is 17.1 Å². The zero-order valence-corrected chi connectivity index (χ0v) is 9.63. The second-order valence-corrected chi connectivity index (χ2v) is 4.11. The summed E-state index contributed by atoms with van der Waals surface area (Å²) >= 11 is 0. The van der Waals surface area contributed by atoms with Crippen molar-refractivity contribution in [2.24, 2.45) is 5.41 Å². The fourth-order valence-electron chi connectivity index (χ4n) is 0.919. The lowest BCUT2D eigenvalue weighted by molar-refractivity contribution is 0.307. The van der Waals surface area contributed by atoms with E-state index in [-0.39, 0.29) is 5.41 Å². The van der Waals surface area contributed by atoms with Gasteiger partial charge in [0.25, 0.3) is 0 Å². The highest BCUT2D eigenvalue weighted by atomic mass is 16.5. The summed E-state index contributed by atoms with van der Waals surface area (Å²) in [6.07, 6.45) is 7.65. The predicted octanol–water partition coefficient (Wildman–Crippen LogP) is 3.86. The first-order valence-electron chi connectivity index (χ1n) is 4.66. The zero-order chi connectivity index (χ0) is 11.2. The van der Waals surface area contributed by atoms with Gasteiger partial charge in [0.2, 0.25) is 0 Å². The minimum atomic E-state index is 0.0843. The monoisotopic (exact) mass is 192 g/mol. The van der Waals surface area contributed by atoms with E-state index in [1.165, 1.54) is 5.57 Å². The Morgan fingerprint density at radius 2 is 1.86 bits per heavy atom. The van der Waals surface area contributed by atoms with Gasteiger partial charge in [0.05, 0.1) is 7.11 Å². The standard InChI is InChI=1S/C13H20O/c1-7-8-9-12(13(3,4)5)10-11(2)14-6/h7-10H,1-2H2,3-6H3/b9-8-,12-10+. The lowest BCUT2D eigenvalue weighted by Gasteiger charge is -2.20. The maximum absolute atomic E-state index is 5.03. The molecule has 0 bridgehead atoms.